The minimum absolute atomic E-state index is 0.0104. The van der Waals surface area contributed by atoms with Gasteiger partial charge in [-0.05, 0) is 55.9 Å². The van der Waals surface area contributed by atoms with E-state index in [1.165, 1.54) is 19.2 Å². The summed E-state index contributed by atoms with van der Waals surface area (Å²) in [5.74, 6) is 0.190. The van der Waals surface area contributed by atoms with E-state index in [-0.39, 0.29) is 47.1 Å². The minimum Gasteiger partial charge on any atom is -0.494 e. The van der Waals surface area contributed by atoms with Crippen molar-refractivity contribution < 1.29 is 32.2 Å². The van der Waals surface area contributed by atoms with Gasteiger partial charge < -0.3 is 25.3 Å². The van der Waals surface area contributed by atoms with Gasteiger partial charge in [0.2, 0.25) is 5.89 Å². The average Bonchev–Trinajstić information content (AvgIpc) is 3.31. The first kappa shape index (κ1) is 25.9. The Labute approximate surface area is 206 Å². The molecule has 3 aromatic rings. The zero-order chi connectivity index (χ0) is 26.0. The van der Waals surface area contributed by atoms with Crippen LogP contribution in [0.4, 0.5) is 13.2 Å². The van der Waals surface area contributed by atoms with Gasteiger partial charge in [0.15, 0.2) is 11.5 Å². The lowest BCUT2D eigenvalue weighted by molar-refractivity contribution is -0.140. The standard InChI is InChI=1S/C25H29F3N4O4/c1-13(29)22-21(23(34)30-11-14-5-3-4-6-15(14)12-33)32-24(36-22)17-7-9-18(35-2)20-16(17)8-10-19(31-20)25(26,27)28/h7-10,13-15,33H,3-6,11-12,29H2,1-2H3,(H,30,34)/t13-,14?,15+/m0/s1. The summed E-state index contributed by atoms with van der Waals surface area (Å²) in [6.07, 6.45) is -0.679. The summed E-state index contributed by atoms with van der Waals surface area (Å²) in [4.78, 5) is 21.2. The van der Waals surface area contributed by atoms with Crippen molar-refractivity contribution in [2.45, 2.75) is 44.8 Å². The molecular formula is C25H29F3N4O4. The van der Waals surface area contributed by atoms with Crippen LogP contribution in [0.1, 0.15) is 60.6 Å². The third kappa shape index (κ3) is 5.17. The number of alkyl halides is 3. The van der Waals surface area contributed by atoms with Crippen LogP contribution in [0.2, 0.25) is 0 Å². The molecule has 0 aliphatic heterocycles. The normalized spacial score (nSPS) is 19.3. The lowest BCUT2D eigenvalue weighted by Crippen LogP contribution is -2.36. The van der Waals surface area contributed by atoms with E-state index >= 15 is 0 Å². The lowest BCUT2D eigenvalue weighted by atomic mass is 9.79. The van der Waals surface area contributed by atoms with Crippen LogP contribution in [0, 0.1) is 11.8 Å². The highest BCUT2D eigenvalue weighted by Crippen LogP contribution is 2.37. The number of benzene rings is 1. The van der Waals surface area contributed by atoms with Gasteiger partial charge in [0, 0.05) is 24.1 Å². The molecular weight excluding hydrogens is 477 g/mol. The minimum atomic E-state index is -4.63. The smallest absolute Gasteiger partial charge is 0.433 e. The molecule has 36 heavy (non-hydrogen) atoms. The fraction of sp³-hybridized carbons (Fsp3) is 0.480. The van der Waals surface area contributed by atoms with Crippen molar-refractivity contribution in [2.75, 3.05) is 20.3 Å². The number of carbonyl (C=O) groups excluding carboxylic acids is 1. The van der Waals surface area contributed by atoms with Crippen LogP contribution < -0.4 is 15.8 Å². The summed E-state index contributed by atoms with van der Waals surface area (Å²) in [6, 6.07) is 4.54. The molecule has 8 nitrogen and oxygen atoms in total. The number of pyridine rings is 1. The van der Waals surface area contributed by atoms with Gasteiger partial charge in [-0.3, -0.25) is 4.79 Å². The van der Waals surface area contributed by atoms with Crippen molar-refractivity contribution in [1.29, 1.82) is 0 Å². The van der Waals surface area contributed by atoms with Gasteiger partial charge >= 0.3 is 6.18 Å². The number of halogens is 3. The highest BCUT2D eigenvalue weighted by molar-refractivity contribution is 5.98. The van der Waals surface area contributed by atoms with Crippen molar-refractivity contribution in [3.63, 3.8) is 0 Å². The number of nitrogens with one attached hydrogen (secondary N) is 1. The summed E-state index contributed by atoms with van der Waals surface area (Å²) < 4.78 is 50.9. The van der Waals surface area contributed by atoms with E-state index in [4.69, 9.17) is 14.9 Å². The number of methoxy groups -OCH3 is 1. The fourth-order valence-electron chi connectivity index (χ4n) is 4.72. The molecule has 1 aliphatic carbocycles. The van der Waals surface area contributed by atoms with Crippen molar-refractivity contribution >= 4 is 16.8 Å². The maximum Gasteiger partial charge on any atom is 0.433 e. The maximum atomic E-state index is 13.3. The molecule has 2 heterocycles. The van der Waals surface area contributed by atoms with Gasteiger partial charge in [0.25, 0.3) is 5.91 Å². The van der Waals surface area contributed by atoms with Crippen LogP contribution in [0.3, 0.4) is 0 Å². The molecule has 1 saturated carbocycles. The van der Waals surface area contributed by atoms with E-state index in [2.05, 4.69) is 15.3 Å². The van der Waals surface area contributed by atoms with Crippen LogP contribution >= 0.6 is 0 Å². The number of aliphatic hydroxyl groups is 1. The highest BCUT2D eigenvalue weighted by atomic mass is 19.4. The number of carbonyl (C=O) groups is 1. The highest BCUT2D eigenvalue weighted by Gasteiger charge is 2.33. The van der Waals surface area contributed by atoms with E-state index in [1.54, 1.807) is 13.0 Å². The third-order valence-corrected chi connectivity index (χ3v) is 6.67. The van der Waals surface area contributed by atoms with Gasteiger partial charge in [-0.25, -0.2) is 9.97 Å². The van der Waals surface area contributed by atoms with Crippen molar-refractivity contribution in [2.24, 2.45) is 17.6 Å². The summed E-state index contributed by atoms with van der Waals surface area (Å²) in [5, 5.41) is 12.8. The van der Waals surface area contributed by atoms with Crippen LogP contribution in [0.25, 0.3) is 22.4 Å². The second kappa shape index (κ2) is 10.4. The quantitative estimate of drug-likeness (QED) is 0.432. The Morgan fingerprint density at radius 1 is 1.22 bits per heavy atom. The number of nitrogens with two attached hydrogens (primary N) is 1. The lowest BCUT2D eigenvalue weighted by Gasteiger charge is -2.30. The average molecular weight is 507 g/mol. The molecule has 11 heteroatoms. The Hall–Kier alpha value is -3.18. The maximum absolute atomic E-state index is 13.3. The molecule has 1 fully saturated rings. The van der Waals surface area contributed by atoms with Gasteiger partial charge in [0.05, 0.1) is 13.2 Å². The molecule has 3 atom stereocenters. The molecule has 1 aliphatic rings. The van der Waals surface area contributed by atoms with Crippen molar-refractivity contribution in [3.8, 4) is 17.2 Å². The summed E-state index contributed by atoms with van der Waals surface area (Å²) in [6.45, 7) is 2.11. The van der Waals surface area contributed by atoms with Crippen LogP contribution in [-0.4, -0.2) is 41.2 Å². The van der Waals surface area contributed by atoms with Gasteiger partial charge in [-0.2, -0.15) is 13.2 Å². The molecule has 4 N–H and O–H groups in total. The number of aromatic nitrogens is 2. The van der Waals surface area contributed by atoms with Crippen molar-refractivity contribution in [1.82, 2.24) is 15.3 Å². The Kier molecular flexibility index (Phi) is 7.51. The van der Waals surface area contributed by atoms with Crippen LogP contribution in [-0.2, 0) is 6.18 Å². The Morgan fingerprint density at radius 2 is 1.94 bits per heavy atom. The molecule has 1 aromatic carbocycles. The molecule has 2 aromatic heterocycles. The molecule has 194 valence electrons. The molecule has 0 radical (unpaired) electrons. The number of fused-ring (bicyclic) bond motifs is 1. The van der Waals surface area contributed by atoms with E-state index in [9.17, 15) is 23.1 Å². The summed E-state index contributed by atoms with van der Waals surface area (Å²) in [7, 11) is 1.34. The number of hydrogen-bond donors (Lipinski definition) is 3. The van der Waals surface area contributed by atoms with Crippen LogP contribution in [0.15, 0.2) is 28.7 Å². The van der Waals surface area contributed by atoms with Crippen LogP contribution in [0.5, 0.6) is 5.75 Å². The zero-order valence-corrected chi connectivity index (χ0v) is 20.1. The number of amides is 1. The number of oxazole rings is 1. The second-order valence-electron chi connectivity index (χ2n) is 9.12. The third-order valence-electron chi connectivity index (χ3n) is 6.67. The molecule has 0 bridgehead atoms. The first-order valence-corrected chi connectivity index (χ1v) is 11.8. The second-order valence-corrected chi connectivity index (χ2v) is 9.12. The van der Waals surface area contributed by atoms with E-state index in [0.29, 0.717) is 17.5 Å². The van der Waals surface area contributed by atoms with Gasteiger partial charge in [-0.1, -0.05) is 12.8 Å². The fourth-order valence-corrected chi connectivity index (χ4v) is 4.72. The predicted molar refractivity (Wildman–Crippen MR) is 126 cm³/mol. The SMILES string of the molecule is COc1ccc(-c2nc(C(=O)NCC3CCCC[C@@H]3CO)c([C@H](C)N)o2)c2ccc(C(F)(F)F)nc12. The summed E-state index contributed by atoms with van der Waals surface area (Å²) >= 11 is 0. The predicted octanol–water partition coefficient (Wildman–Crippen LogP) is 4.47. The Morgan fingerprint density at radius 3 is 2.58 bits per heavy atom. The first-order chi connectivity index (χ1) is 17.1. The zero-order valence-electron chi connectivity index (χ0n) is 20.1. The topological polar surface area (TPSA) is 124 Å². The monoisotopic (exact) mass is 506 g/mol. The molecule has 1 unspecified atom stereocenters. The van der Waals surface area contributed by atoms with Gasteiger partial charge in [0.1, 0.15) is 17.0 Å². The number of hydrogen-bond acceptors (Lipinski definition) is 7. The molecule has 1 amide bonds. The van der Waals surface area contributed by atoms with Crippen molar-refractivity contribution in [3.05, 3.63) is 41.4 Å². The number of ether oxygens (including phenoxy) is 1. The van der Waals surface area contributed by atoms with E-state index < -0.39 is 23.8 Å². The molecule has 0 saturated heterocycles. The number of aliphatic hydroxyl groups excluding tert-OH is 1. The van der Waals surface area contributed by atoms with E-state index in [0.717, 1.165) is 31.7 Å². The summed E-state index contributed by atoms with van der Waals surface area (Å²) in [5.41, 5.74) is 5.34. The van der Waals surface area contributed by atoms with Gasteiger partial charge in [-0.15, -0.1) is 0 Å². The van der Waals surface area contributed by atoms with E-state index in [1.807, 2.05) is 0 Å². The number of rotatable bonds is 7. The number of nitrogens with zero attached hydrogens (tertiary/aromatic N) is 2. The Bertz CT molecular complexity index is 1240. The molecule has 0 spiro atoms. The Balaban J connectivity index is 1.69. The first-order valence-electron chi connectivity index (χ1n) is 11.8. The molecule has 4 rings (SSSR count). The largest absolute Gasteiger partial charge is 0.494 e.